The van der Waals surface area contributed by atoms with Gasteiger partial charge in [0.25, 0.3) is 0 Å². The minimum Gasteiger partial charge on any atom is -0.435 e. The van der Waals surface area contributed by atoms with Crippen LogP contribution in [0.3, 0.4) is 0 Å². The molecule has 0 saturated heterocycles. The van der Waals surface area contributed by atoms with Crippen molar-refractivity contribution in [2.75, 3.05) is 5.73 Å². The normalized spacial score (nSPS) is 11.4. The second-order valence-electron chi connectivity index (χ2n) is 3.79. The van der Waals surface area contributed by atoms with Crippen LogP contribution < -0.4 is 10.5 Å². The van der Waals surface area contributed by atoms with Gasteiger partial charge in [-0.2, -0.15) is 13.2 Å². The number of pyridine rings is 1. The summed E-state index contributed by atoms with van der Waals surface area (Å²) >= 11 is 5.66. The van der Waals surface area contributed by atoms with Crippen molar-refractivity contribution in [1.82, 2.24) is 4.98 Å². The molecule has 0 aliphatic carbocycles. The predicted molar refractivity (Wildman–Crippen MR) is 65.1 cm³/mol. The highest BCUT2D eigenvalue weighted by molar-refractivity contribution is 6.31. The van der Waals surface area contributed by atoms with Crippen molar-refractivity contribution in [2.24, 2.45) is 0 Å². The summed E-state index contributed by atoms with van der Waals surface area (Å²) in [5.41, 5.74) is 4.63. The lowest BCUT2D eigenvalue weighted by atomic mass is 10.2. The predicted octanol–water partition coefficient (Wildman–Crippen LogP) is 4.27. The van der Waals surface area contributed by atoms with Crippen molar-refractivity contribution in [3.63, 3.8) is 0 Å². The molecule has 1 heterocycles. The molecule has 1 aromatic carbocycles. The first-order valence-electron chi connectivity index (χ1n) is 5.23. The van der Waals surface area contributed by atoms with Gasteiger partial charge >= 0.3 is 6.18 Å². The summed E-state index contributed by atoms with van der Waals surface area (Å²) in [6.07, 6.45) is -4.00. The summed E-state index contributed by atoms with van der Waals surface area (Å²) in [4.78, 5) is 3.46. The van der Waals surface area contributed by atoms with Crippen LogP contribution in [0.15, 0.2) is 30.5 Å². The first kappa shape index (κ1) is 14.4. The molecule has 0 aliphatic heterocycles. The van der Waals surface area contributed by atoms with Gasteiger partial charge < -0.3 is 10.5 Å². The number of alkyl halides is 3. The van der Waals surface area contributed by atoms with Crippen molar-refractivity contribution < 1.29 is 22.3 Å². The molecule has 0 radical (unpaired) electrons. The van der Waals surface area contributed by atoms with Crippen LogP contribution in [-0.2, 0) is 6.18 Å². The van der Waals surface area contributed by atoms with Crippen LogP contribution in [0.1, 0.15) is 5.56 Å². The Morgan fingerprint density at radius 2 is 1.90 bits per heavy atom. The van der Waals surface area contributed by atoms with Gasteiger partial charge in [-0.25, -0.2) is 9.37 Å². The van der Waals surface area contributed by atoms with Crippen LogP contribution in [0.25, 0.3) is 0 Å². The average molecular weight is 307 g/mol. The number of rotatable bonds is 2. The van der Waals surface area contributed by atoms with E-state index in [1.165, 1.54) is 6.07 Å². The summed E-state index contributed by atoms with van der Waals surface area (Å²) in [6, 6.07) is 4.01. The molecule has 2 rings (SSSR count). The van der Waals surface area contributed by atoms with Gasteiger partial charge in [-0.1, -0.05) is 11.6 Å². The van der Waals surface area contributed by atoms with Crippen LogP contribution in [0.4, 0.5) is 23.2 Å². The number of nitrogen functional groups attached to an aromatic ring is 1. The largest absolute Gasteiger partial charge is 0.435 e. The van der Waals surface area contributed by atoms with Gasteiger partial charge in [-0.05, 0) is 18.2 Å². The molecule has 20 heavy (non-hydrogen) atoms. The number of halogens is 5. The van der Waals surface area contributed by atoms with E-state index in [1.807, 2.05) is 0 Å². The SMILES string of the molecule is Nc1ccc(F)cc1Oc1ncc(C(F)(F)F)cc1Cl. The van der Waals surface area contributed by atoms with E-state index < -0.39 is 17.6 Å². The second-order valence-corrected chi connectivity index (χ2v) is 4.20. The van der Waals surface area contributed by atoms with E-state index >= 15 is 0 Å². The molecule has 0 fully saturated rings. The van der Waals surface area contributed by atoms with Crippen molar-refractivity contribution in [3.05, 3.63) is 46.9 Å². The van der Waals surface area contributed by atoms with Gasteiger partial charge in [-0.3, -0.25) is 0 Å². The fourth-order valence-electron chi connectivity index (χ4n) is 1.36. The fourth-order valence-corrected chi connectivity index (χ4v) is 1.56. The first-order valence-corrected chi connectivity index (χ1v) is 5.61. The summed E-state index contributed by atoms with van der Waals surface area (Å²) in [7, 11) is 0. The Labute approximate surface area is 115 Å². The van der Waals surface area contributed by atoms with Gasteiger partial charge in [0.05, 0.1) is 11.3 Å². The molecule has 1 aromatic heterocycles. The molecular weight excluding hydrogens is 300 g/mol. The monoisotopic (exact) mass is 306 g/mol. The number of aromatic nitrogens is 1. The molecule has 2 N–H and O–H groups in total. The summed E-state index contributed by atoms with van der Waals surface area (Å²) in [5, 5.41) is -0.358. The number of hydrogen-bond donors (Lipinski definition) is 1. The van der Waals surface area contributed by atoms with E-state index in [2.05, 4.69) is 4.98 Å². The van der Waals surface area contributed by atoms with E-state index in [0.717, 1.165) is 12.1 Å². The number of benzene rings is 1. The molecule has 106 valence electrons. The van der Waals surface area contributed by atoms with Gasteiger partial charge in [-0.15, -0.1) is 0 Å². The third-order valence-corrected chi connectivity index (χ3v) is 2.59. The molecule has 0 spiro atoms. The van der Waals surface area contributed by atoms with Crippen molar-refractivity contribution in [3.8, 4) is 11.6 Å². The van der Waals surface area contributed by atoms with E-state index in [1.54, 1.807) is 0 Å². The highest BCUT2D eigenvalue weighted by Crippen LogP contribution is 2.35. The van der Waals surface area contributed by atoms with Crippen LogP contribution in [0, 0.1) is 5.82 Å². The molecule has 0 aliphatic rings. The Morgan fingerprint density at radius 1 is 1.20 bits per heavy atom. The van der Waals surface area contributed by atoms with Crippen molar-refractivity contribution in [2.45, 2.75) is 6.18 Å². The minimum absolute atomic E-state index is 0.0841. The highest BCUT2D eigenvalue weighted by Gasteiger charge is 2.31. The molecule has 0 amide bonds. The maximum atomic E-state index is 13.0. The minimum atomic E-state index is -4.56. The first-order chi connectivity index (χ1) is 9.27. The van der Waals surface area contributed by atoms with E-state index in [0.29, 0.717) is 12.3 Å². The zero-order chi connectivity index (χ0) is 14.9. The fraction of sp³-hybridized carbons (Fsp3) is 0.0833. The number of hydrogen-bond acceptors (Lipinski definition) is 3. The second kappa shape index (κ2) is 5.16. The average Bonchev–Trinajstić information content (AvgIpc) is 2.35. The van der Waals surface area contributed by atoms with Gasteiger partial charge in [0, 0.05) is 12.3 Å². The summed E-state index contributed by atoms with van der Waals surface area (Å²) in [5.74, 6) is -0.992. The Hall–Kier alpha value is -2.02. The molecular formula is C12H7ClF4N2O. The lowest BCUT2D eigenvalue weighted by molar-refractivity contribution is -0.137. The maximum Gasteiger partial charge on any atom is 0.417 e. The van der Waals surface area contributed by atoms with Crippen molar-refractivity contribution in [1.29, 1.82) is 0 Å². The molecule has 0 saturated carbocycles. The molecule has 2 aromatic rings. The Kier molecular flexibility index (Phi) is 3.71. The Morgan fingerprint density at radius 3 is 2.50 bits per heavy atom. The summed E-state index contributed by atoms with van der Waals surface area (Å²) in [6.45, 7) is 0. The van der Waals surface area contributed by atoms with Crippen LogP contribution in [0.5, 0.6) is 11.6 Å². The number of nitrogens with two attached hydrogens (primary N) is 1. The lowest BCUT2D eigenvalue weighted by Gasteiger charge is -2.11. The number of ether oxygens (including phenoxy) is 1. The highest BCUT2D eigenvalue weighted by atomic mass is 35.5. The Balaban J connectivity index is 2.33. The van der Waals surface area contributed by atoms with E-state index in [4.69, 9.17) is 22.1 Å². The van der Waals surface area contributed by atoms with Gasteiger partial charge in [0.2, 0.25) is 5.88 Å². The molecule has 3 nitrogen and oxygen atoms in total. The summed E-state index contributed by atoms with van der Waals surface area (Å²) < 4.78 is 55.4. The van der Waals surface area contributed by atoms with Crippen LogP contribution in [0.2, 0.25) is 5.02 Å². The number of anilines is 1. The quantitative estimate of drug-likeness (QED) is 0.666. The maximum absolute atomic E-state index is 13.0. The molecule has 0 atom stereocenters. The van der Waals surface area contributed by atoms with Crippen molar-refractivity contribution >= 4 is 17.3 Å². The zero-order valence-electron chi connectivity index (χ0n) is 9.71. The lowest BCUT2D eigenvalue weighted by Crippen LogP contribution is -2.06. The standard InChI is InChI=1S/C12H7ClF4N2O/c13-8-3-6(12(15,16)17)5-19-11(8)20-10-4-7(14)1-2-9(10)18/h1-5H,18H2. The van der Waals surface area contributed by atoms with E-state index in [9.17, 15) is 17.6 Å². The molecule has 0 bridgehead atoms. The topological polar surface area (TPSA) is 48.1 Å². The zero-order valence-corrected chi connectivity index (χ0v) is 10.5. The van der Waals surface area contributed by atoms with E-state index in [-0.39, 0.29) is 22.3 Å². The third kappa shape index (κ3) is 3.11. The van der Waals surface area contributed by atoms with Crippen LogP contribution >= 0.6 is 11.6 Å². The number of nitrogens with zero attached hydrogens (tertiary/aromatic N) is 1. The van der Waals surface area contributed by atoms with Crippen LogP contribution in [-0.4, -0.2) is 4.98 Å². The molecule has 8 heteroatoms. The molecule has 0 unspecified atom stereocenters. The third-order valence-electron chi connectivity index (χ3n) is 2.32. The van der Waals surface area contributed by atoms with Gasteiger partial charge in [0.1, 0.15) is 10.8 Å². The Bertz CT molecular complexity index is 646. The van der Waals surface area contributed by atoms with Gasteiger partial charge in [0.15, 0.2) is 5.75 Å². The smallest absolute Gasteiger partial charge is 0.417 e.